The molecule has 0 amide bonds. The molecule has 0 saturated carbocycles. The molecule has 9 nitrogen and oxygen atoms in total. The van der Waals surface area contributed by atoms with E-state index in [1.807, 2.05) is 54.6 Å². The molecule has 0 bridgehead atoms. The van der Waals surface area contributed by atoms with Gasteiger partial charge in [-0.25, -0.2) is 4.98 Å². The molecule has 6 aromatic rings. The summed E-state index contributed by atoms with van der Waals surface area (Å²) in [6.45, 7) is 0.251. The summed E-state index contributed by atoms with van der Waals surface area (Å²) < 4.78 is 13.1. The van der Waals surface area contributed by atoms with Gasteiger partial charge in [-0.2, -0.15) is 9.78 Å². The Morgan fingerprint density at radius 1 is 0.949 bits per heavy atom. The Labute approximate surface area is 221 Å². The number of aromatic nitrogens is 2. The monoisotopic (exact) mass is 516 g/mol. The smallest absolute Gasteiger partial charge is 0.282 e. The normalized spacial score (nSPS) is 11.4. The lowest BCUT2D eigenvalue weighted by molar-refractivity contribution is -0.384. The number of nitrogens with zero attached hydrogens (tertiary/aromatic N) is 4. The number of ether oxygens (including phenoxy) is 1. The van der Waals surface area contributed by atoms with E-state index in [1.165, 1.54) is 24.4 Å². The van der Waals surface area contributed by atoms with E-state index in [4.69, 9.17) is 9.15 Å². The predicted octanol–water partition coefficient (Wildman–Crippen LogP) is 6.18. The third kappa shape index (κ3) is 4.76. The first-order valence-electron chi connectivity index (χ1n) is 12.1. The number of fused-ring (bicyclic) bond motifs is 2. The SMILES string of the molecule is O=c1c2ccccc2nc(-c2cc3ccccc3o2)n1N=Cc1cc([N+](=O)[O-])ccc1OCc1ccccc1. The summed E-state index contributed by atoms with van der Waals surface area (Å²) in [7, 11) is 0. The lowest BCUT2D eigenvalue weighted by Gasteiger charge is -2.10. The van der Waals surface area contributed by atoms with Crippen molar-refractivity contribution in [3.05, 3.63) is 135 Å². The van der Waals surface area contributed by atoms with Gasteiger partial charge in [0.15, 0.2) is 5.76 Å². The van der Waals surface area contributed by atoms with Gasteiger partial charge in [0.05, 0.1) is 22.0 Å². The van der Waals surface area contributed by atoms with Crippen molar-refractivity contribution in [2.24, 2.45) is 5.10 Å². The van der Waals surface area contributed by atoms with Crippen LogP contribution in [0.15, 0.2) is 117 Å². The van der Waals surface area contributed by atoms with Gasteiger partial charge in [0.1, 0.15) is 17.9 Å². The van der Waals surface area contributed by atoms with Crippen LogP contribution in [0.1, 0.15) is 11.1 Å². The van der Waals surface area contributed by atoms with E-state index in [0.717, 1.165) is 15.6 Å². The van der Waals surface area contributed by atoms with Crippen LogP contribution in [-0.2, 0) is 6.61 Å². The summed E-state index contributed by atoms with van der Waals surface area (Å²) in [4.78, 5) is 29.2. The molecule has 0 unspecified atom stereocenters. The standard InChI is InChI=1S/C30H20N4O5/c35-30-24-11-5-6-12-25(24)32-29(28-17-21-10-4-7-13-27(21)39-28)33(30)31-18-22-16-23(34(36)37)14-15-26(22)38-19-20-8-2-1-3-9-20/h1-18H,19H2. The topological polar surface area (TPSA) is 113 Å². The maximum Gasteiger partial charge on any atom is 0.282 e. The zero-order valence-corrected chi connectivity index (χ0v) is 20.4. The van der Waals surface area contributed by atoms with Crippen LogP contribution in [0.25, 0.3) is 33.5 Å². The van der Waals surface area contributed by atoms with E-state index in [1.54, 1.807) is 30.3 Å². The molecule has 0 spiro atoms. The number of benzene rings is 4. The summed E-state index contributed by atoms with van der Waals surface area (Å²) in [6, 6.07) is 30.0. The van der Waals surface area contributed by atoms with Crippen molar-refractivity contribution in [1.29, 1.82) is 0 Å². The van der Waals surface area contributed by atoms with Crippen molar-refractivity contribution >= 4 is 33.8 Å². The molecular formula is C30H20N4O5. The number of nitro benzene ring substituents is 1. The molecule has 0 N–H and O–H groups in total. The summed E-state index contributed by atoms with van der Waals surface area (Å²) >= 11 is 0. The third-order valence-electron chi connectivity index (χ3n) is 6.15. The van der Waals surface area contributed by atoms with Gasteiger partial charge < -0.3 is 9.15 Å². The number of hydrogen-bond donors (Lipinski definition) is 0. The van der Waals surface area contributed by atoms with Crippen molar-refractivity contribution in [1.82, 2.24) is 9.66 Å². The first-order chi connectivity index (χ1) is 19.1. The fourth-order valence-corrected chi connectivity index (χ4v) is 4.22. The maximum atomic E-state index is 13.6. The summed E-state index contributed by atoms with van der Waals surface area (Å²) in [5.74, 6) is 0.930. The highest BCUT2D eigenvalue weighted by Crippen LogP contribution is 2.28. The largest absolute Gasteiger partial charge is 0.488 e. The molecule has 0 saturated heterocycles. The molecule has 0 fully saturated rings. The Morgan fingerprint density at radius 2 is 1.72 bits per heavy atom. The predicted molar refractivity (Wildman–Crippen MR) is 148 cm³/mol. The van der Waals surface area contributed by atoms with E-state index >= 15 is 0 Å². The molecule has 0 aliphatic carbocycles. The van der Waals surface area contributed by atoms with E-state index in [9.17, 15) is 14.9 Å². The molecule has 6 rings (SSSR count). The van der Waals surface area contributed by atoms with Crippen LogP contribution >= 0.6 is 0 Å². The zero-order chi connectivity index (χ0) is 26.8. The Hall–Kier alpha value is -5.57. The van der Waals surface area contributed by atoms with Crippen LogP contribution < -0.4 is 10.3 Å². The molecule has 0 radical (unpaired) electrons. The average molecular weight is 517 g/mol. The van der Waals surface area contributed by atoms with Crippen LogP contribution in [-0.4, -0.2) is 20.8 Å². The summed E-state index contributed by atoms with van der Waals surface area (Å²) in [5, 5.41) is 17.1. The fraction of sp³-hybridized carbons (Fsp3) is 0.0333. The Balaban J connectivity index is 1.47. The van der Waals surface area contributed by atoms with Gasteiger partial charge in [-0.05, 0) is 35.9 Å². The Morgan fingerprint density at radius 3 is 2.54 bits per heavy atom. The summed E-state index contributed by atoms with van der Waals surface area (Å²) in [5.41, 5.74) is 1.85. The Kier molecular flexibility index (Phi) is 6.14. The number of para-hydroxylation sites is 2. The van der Waals surface area contributed by atoms with Crippen molar-refractivity contribution < 1.29 is 14.1 Å². The highest BCUT2D eigenvalue weighted by atomic mass is 16.6. The van der Waals surface area contributed by atoms with Gasteiger partial charge in [-0.3, -0.25) is 14.9 Å². The van der Waals surface area contributed by atoms with Gasteiger partial charge in [0.2, 0.25) is 5.82 Å². The lowest BCUT2D eigenvalue weighted by atomic mass is 10.2. The average Bonchev–Trinajstić information content (AvgIpc) is 3.40. The minimum absolute atomic E-state index is 0.134. The third-order valence-corrected chi connectivity index (χ3v) is 6.15. The van der Waals surface area contributed by atoms with Gasteiger partial charge >= 0.3 is 0 Å². The Bertz CT molecular complexity index is 1890. The molecule has 0 aliphatic heterocycles. The number of non-ortho nitro benzene ring substituents is 1. The highest BCUT2D eigenvalue weighted by molar-refractivity contribution is 5.86. The molecule has 9 heteroatoms. The molecule has 2 aromatic heterocycles. The maximum absolute atomic E-state index is 13.6. The first-order valence-corrected chi connectivity index (χ1v) is 12.1. The minimum Gasteiger partial charge on any atom is -0.488 e. The second-order valence-corrected chi connectivity index (χ2v) is 8.72. The molecule has 4 aromatic carbocycles. The van der Waals surface area contributed by atoms with Gasteiger partial charge in [-0.1, -0.05) is 60.7 Å². The van der Waals surface area contributed by atoms with Gasteiger partial charge in [-0.15, -0.1) is 0 Å². The molecular weight excluding hydrogens is 496 g/mol. The van der Waals surface area contributed by atoms with Crippen molar-refractivity contribution in [2.45, 2.75) is 6.61 Å². The minimum atomic E-state index is -0.498. The number of hydrogen-bond acceptors (Lipinski definition) is 7. The second-order valence-electron chi connectivity index (χ2n) is 8.72. The van der Waals surface area contributed by atoms with Crippen molar-refractivity contribution in [3.8, 4) is 17.3 Å². The van der Waals surface area contributed by atoms with E-state index in [2.05, 4.69) is 10.1 Å². The van der Waals surface area contributed by atoms with Crippen LogP contribution in [0, 0.1) is 10.1 Å². The van der Waals surface area contributed by atoms with Crippen LogP contribution in [0.2, 0.25) is 0 Å². The second kappa shape index (κ2) is 10.1. The number of rotatable bonds is 7. The van der Waals surface area contributed by atoms with Crippen LogP contribution in [0.5, 0.6) is 5.75 Å². The molecule has 2 heterocycles. The number of nitro groups is 1. The van der Waals surface area contributed by atoms with Gasteiger partial charge in [0, 0.05) is 23.1 Å². The van der Waals surface area contributed by atoms with E-state index in [-0.39, 0.29) is 18.1 Å². The summed E-state index contributed by atoms with van der Waals surface area (Å²) in [6.07, 6.45) is 1.36. The van der Waals surface area contributed by atoms with E-state index < -0.39 is 10.5 Å². The molecule has 39 heavy (non-hydrogen) atoms. The lowest BCUT2D eigenvalue weighted by Crippen LogP contribution is -2.20. The van der Waals surface area contributed by atoms with Gasteiger partial charge in [0.25, 0.3) is 11.2 Å². The highest BCUT2D eigenvalue weighted by Gasteiger charge is 2.17. The fourth-order valence-electron chi connectivity index (χ4n) is 4.22. The molecule has 190 valence electrons. The molecule has 0 aliphatic rings. The van der Waals surface area contributed by atoms with E-state index in [0.29, 0.717) is 33.6 Å². The number of furan rings is 1. The van der Waals surface area contributed by atoms with Crippen LogP contribution in [0.3, 0.4) is 0 Å². The first kappa shape index (κ1) is 23.8. The van der Waals surface area contributed by atoms with Crippen LogP contribution in [0.4, 0.5) is 5.69 Å². The van der Waals surface area contributed by atoms with Crippen molar-refractivity contribution in [2.75, 3.05) is 0 Å². The van der Waals surface area contributed by atoms with Crippen molar-refractivity contribution in [3.63, 3.8) is 0 Å². The quantitative estimate of drug-likeness (QED) is 0.142. The molecule has 0 atom stereocenters. The zero-order valence-electron chi connectivity index (χ0n) is 20.4.